The first kappa shape index (κ1) is 9.29. The van der Waals surface area contributed by atoms with Crippen LogP contribution in [-0.2, 0) is 0 Å². The maximum atomic E-state index is 9.24. The van der Waals surface area contributed by atoms with Crippen LogP contribution in [0.25, 0.3) is 0 Å². The van der Waals surface area contributed by atoms with Gasteiger partial charge in [-0.2, -0.15) is 0 Å². The predicted octanol–water partition coefficient (Wildman–Crippen LogP) is 0.567. The van der Waals surface area contributed by atoms with Crippen molar-refractivity contribution in [3.05, 3.63) is 24.4 Å². The lowest BCUT2D eigenvalue weighted by Gasteiger charge is -2.28. The van der Waals surface area contributed by atoms with Crippen molar-refractivity contribution in [2.45, 2.75) is 6.10 Å². The van der Waals surface area contributed by atoms with Gasteiger partial charge < -0.3 is 10.0 Å². The molecule has 0 aliphatic carbocycles. The number of aliphatic hydroxyl groups is 1. The Morgan fingerprint density at radius 2 is 2.33 bits per heavy atom. The lowest BCUT2D eigenvalue weighted by atomic mass is 10.2. The molecule has 3 nitrogen and oxygen atoms in total. The fourth-order valence-electron chi connectivity index (χ4n) is 1.25. The van der Waals surface area contributed by atoms with Gasteiger partial charge in [0.2, 0.25) is 0 Å². The number of amidine groups is 1. The topological polar surface area (TPSA) is 35.8 Å². The van der Waals surface area contributed by atoms with Gasteiger partial charge in [0.05, 0.1) is 19.2 Å². The average Bonchev–Trinajstić information content (AvgIpc) is 2.04. The number of rotatable bonds is 0. The fourth-order valence-corrected chi connectivity index (χ4v) is 1.25. The SMILES string of the molecule is Cl.O[C@H]1CN=C2C=CC=CN2C1. The van der Waals surface area contributed by atoms with Crippen molar-refractivity contribution in [3.63, 3.8) is 0 Å². The fraction of sp³-hybridized carbons (Fsp3) is 0.375. The highest BCUT2D eigenvalue weighted by Gasteiger charge is 2.17. The molecule has 0 saturated carbocycles. The summed E-state index contributed by atoms with van der Waals surface area (Å²) in [4.78, 5) is 6.14. The highest BCUT2D eigenvalue weighted by Crippen LogP contribution is 2.08. The van der Waals surface area contributed by atoms with E-state index in [-0.39, 0.29) is 18.5 Å². The van der Waals surface area contributed by atoms with E-state index in [1.807, 2.05) is 29.3 Å². The molecule has 0 spiro atoms. The Morgan fingerprint density at radius 3 is 3.17 bits per heavy atom. The normalized spacial score (nSPS) is 25.9. The summed E-state index contributed by atoms with van der Waals surface area (Å²) in [6.45, 7) is 1.20. The number of aliphatic hydroxyl groups excluding tert-OH is 1. The van der Waals surface area contributed by atoms with Gasteiger partial charge in [0.25, 0.3) is 0 Å². The van der Waals surface area contributed by atoms with E-state index in [2.05, 4.69) is 4.99 Å². The third kappa shape index (κ3) is 1.68. The molecule has 0 aromatic carbocycles. The Balaban J connectivity index is 0.000000720. The Hall–Kier alpha value is -0.800. The second kappa shape index (κ2) is 3.74. The molecule has 4 heteroatoms. The van der Waals surface area contributed by atoms with Crippen molar-refractivity contribution < 1.29 is 5.11 Å². The summed E-state index contributed by atoms with van der Waals surface area (Å²) in [6.07, 6.45) is 7.46. The van der Waals surface area contributed by atoms with Gasteiger partial charge in [0.15, 0.2) is 0 Å². The van der Waals surface area contributed by atoms with Crippen LogP contribution in [0, 0.1) is 0 Å². The summed E-state index contributed by atoms with van der Waals surface area (Å²) in [6, 6.07) is 0. The number of halogens is 1. The van der Waals surface area contributed by atoms with Gasteiger partial charge >= 0.3 is 0 Å². The van der Waals surface area contributed by atoms with Crippen LogP contribution in [0.15, 0.2) is 29.4 Å². The molecule has 12 heavy (non-hydrogen) atoms. The van der Waals surface area contributed by atoms with Gasteiger partial charge in [-0.1, -0.05) is 6.08 Å². The summed E-state index contributed by atoms with van der Waals surface area (Å²) < 4.78 is 0. The Morgan fingerprint density at radius 1 is 1.50 bits per heavy atom. The molecule has 0 aromatic heterocycles. The molecule has 1 N–H and O–H groups in total. The average molecular weight is 187 g/mol. The van der Waals surface area contributed by atoms with Crippen LogP contribution in [0.3, 0.4) is 0 Å². The minimum atomic E-state index is -0.310. The van der Waals surface area contributed by atoms with Gasteiger partial charge in [-0.15, -0.1) is 12.4 Å². The van der Waals surface area contributed by atoms with Crippen LogP contribution < -0.4 is 0 Å². The summed E-state index contributed by atoms with van der Waals surface area (Å²) >= 11 is 0. The predicted molar refractivity (Wildman–Crippen MR) is 50.5 cm³/mol. The van der Waals surface area contributed by atoms with Crippen LogP contribution in [0.2, 0.25) is 0 Å². The minimum absolute atomic E-state index is 0. The number of fused-ring (bicyclic) bond motifs is 1. The highest BCUT2D eigenvalue weighted by molar-refractivity contribution is 5.95. The van der Waals surface area contributed by atoms with Crippen molar-refractivity contribution >= 4 is 18.2 Å². The molecule has 2 rings (SSSR count). The largest absolute Gasteiger partial charge is 0.389 e. The van der Waals surface area contributed by atoms with E-state index < -0.39 is 0 Å². The van der Waals surface area contributed by atoms with Crippen LogP contribution in [-0.4, -0.2) is 35.0 Å². The molecular formula is C8H11ClN2O. The van der Waals surface area contributed by atoms with Crippen molar-refractivity contribution in [2.24, 2.45) is 4.99 Å². The highest BCUT2D eigenvalue weighted by atomic mass is 35.5. The Kier molecular flexibility index (Phi) is 2.89. The van der Waals surface area contributed by atoms with Gasteiger partial charge in [-0.05, 0) is 12.2 Å². The summed E-state index contributed by atoms with van der Waals surface area (Å²) in [5, 5.41) is 9.24. The molecule has 66 valence electrons. The summed E-state index contributed by atoms with van der Waals surface area (Å²) in [5.41, 5.74) is 0. The second-order valence-corrected chi connectivity index (χ2v) is 2.71. The zero-order valence-electron chi connectivity index (χ0n) is 6.55. The smallest absolute Gasteiger partial charge is 0.127 e. The molecule has 0 bridgehead atoms. The molecule has 0 fully saturated rings. The number of hydrogen-bond donors (Lipinski definition) is 1. The van der Waals surface area contributed by atoms with E-state index in [1.165, 1.54) is 0 Å². The van der Waals surface area contributed by atoms with E-state index >= 15 is 0 Å². The summed E-state index contributed by atoms with van der Waals surface area (Å²) in [7, 11) is 0. The van der Waals surface area contributed by atoms with E-state index in [9.17, 15) is 5.11 Å². The molecule has 0 amide bonds. The molecular weight excluding hydrogens is 176 g/mol. The van der Waals surface area contributed by atoms with E-state index in [0.29, 0.717) is 13.1 Å². The monoisotopic (exact) mass is 186 g/mol. The van der Waals surface area contributed by atoms with Crippen LogP contribution in [0.4, 0.5) is 0 Å². The zero-order valence-corrected chi connectivity index (χ0v) is 7.37. The zero-order chi connectivity index (χ0) is 7.68. The lowest BCUT2D eigenvalue weighted by molar-refractivity contribution is 0.154. The van der Waals surface area contributed by atoms with Crippen molar-refractivity contribution in [2.75, 3.05) is 13.1 Å². The van der Waals surface area contributed by atoms with E-state index in [1.54, 1.807) is 0 Å². The quantitative estimate of drug-likeness (QED) is 0.601. The third-order valence-corrected chi connectivity index (χ3v) is 1.79. The number of aliphatic imine (C=N–C) groups is 1. The number of allylic oxidation sites excluding steroid dienone is 2. The van der Waals surface area contributed by atoms with Crippen LogP contribution >= 0.6 is 12.4 Å². The van der Waals surface area contributed by atoms with Crippen molar-refractivity contribution in [3.8, 4) is 0 Å². The molecule has 1 atom stereocenters. The molecule has 0 unspecified atom stereocenters. The first-order chi connectivity index (χ1) is 5.36. The van der Waals surface area contributed by atoms with Gasteiger partial charge in [0, 0.05) is 6.20 Å². The van der Waals surface area contributed by atoms with Gasteiger partial charge in [0.1, 0.15) is 5.84 Å². The number of hydrogen-bond acceptors (Lipinski definition) is 3. The van der Waals surface area contributed by atoms with Gasteiger partial charge in [-0.3, -0.25) is 4.99 Å². The maximum Gasteiger partial charge on any atom is 0.127 e. The Labute approximate surface area is 77.5 Å². The molecule has 0 saturated heterocycles. The van der Waals surface area contributed by atoms with E-state index in [4.69, 9.17) is 0 Å². The molecule has 2 aliphatic rings. The first-order valence-corrected chi connectivity index (χ1v) is 3.70. The van der Waals surface area contributed by atoms with Crippen molar-refractivity contribution in [1.82, 2.24) is 4.90 Å². The number of nitrogens with zero attached hydrogens (tertiary/aromatic N) is 2. The standard InChI is InChI=1S/C8H10N2O.ClH/c11-7-5-9-8-3-1-2-4-10(8)6-7;/h1-4,7,11H,5-6H2;1H/t7-;/m0./s1. The maximum absolute atomic E-state index is 9.24. The minimum Gasteiger partial charge on any atom is -0.389 e. The molecule has 0 radical (unpaired) electrons. The molecule has 0 aromatic rings. The molecule has 2 aliphatic heterocycles. The second-order valence-electron chi connectivity index (χ2n) is 2.71. The Bertz CT molecular complexity index is 247. The van der Waals surface area contributed by atoms with Crippen molar-refractivity contribution in [1.29, 1.82) is 0 Å². The third-order valence-electron chi connectivity index (χ3n) is 1.79. The first-order valence-electron chi connectivity index (χ1n) is 3.70. The molecule has 2 heterocycles. The summed E-state index contributed by atoms with van der Waals surface area (Å²) in [5.74, 6) is 0.956. The van der Waals surface area contributed by atoms with Crippen LogP contribution in [0.1, 0.15) is 0 Å². The van der Waals surface area contributed by atoms with Crippen LogP contribution in [0.5, 0.6) is 0 Å². The van der Waals surface area contributed by atoms with Gasteiger partial charge in [-0.25, -0.2) is 0 Å². The lowest BCUT2D eigenvalue weighted by Crippen LogP contribution is -2.39. The van der Waals surface area contributed by atoms with E-state index in [0.717, 1.165) is 5.84 Å².